The molecular weight excluding hydrogens is 392 g/mol. The number of rotatable bonds is 6. The molecule has 29 heavy (non-hydrogen) atoms. The zero-order valence-electron chi connectivity index (χ0n) is 17.0. The number of hydrogen-bond donors (Lipinski definition) is 2. The minimum Gasteiger partial charge on any atom is -0.347 e. The van der Waals surface area contributed by atoms with Gasteiger partial charge in [-0.1, -0.05) is 30.7 Å². The molecule has 2 N–H and O–H groups in total. The van der Waals surface area contributed by atoms with Crippen molar-refractivity contribution in [1.82, 2.24) is 24.5 Å². The summed E-state index contributed by atoms with van der Waals surface area (Å²) in [6, 6.07) is 5.45. The van der Waals surface area contributed by atoms with Crippen molar-refractivity contribution in [2.75, 3.05) is 29.6 Å². The van der Waals surface area contributed by atoms with Crippen LogP contribution in [0.3, 0.4) is 0 Å². The molecule has 3 aromatic rings. The van der Waals surface area contributed by atoms with E-state index in [0.29, 0.717) is 46.5 Å². The van der Waals surface area contributed by atoms with Crippen LogP contribution in [-0.4, -0.2) is 44.5 Å². The Hall–Kier alpha value is -3.20. The molecule has 0 atom stereocenters. The molecule has 0 aliphatic heterocycles. The van der Waals surface area contributed by atoms with Gasteiger partial charge in [0.1, 0.15) is 11.5 Å². The molecule has 10 heteroatoms. The molecular formula is C19H23ClN8O. The Kier molecular flexibility index (Phi) is 5.97. The third kappa shape index (κ3) is 4.45. The van der Waals surface area contributed by atoms with Crippen LogP contribution in [-0.2, 0) is 13.5 Å². The van der Waals surface area contributed by atoms with Gasteiger partial charge in [0.15, 0.2) is 0 Å². The summed E-state index contributed by atoms with van der Waals surface area (Å²) >= 11 is 6.21. The third-order valence-electron chi connectivity index (χ3n) is 4.29. The van der Waals surface area contributed by atoms with E-state index in [1.807, 2.05) is 40.1 Å². The van der Waals surface area contributed by atoms with Crippen LogP contribution in [0.15, 0.2) is 24.4 Å². The number of halogens is 1. The fraction of sp³-hybridized carbons (Fsp3) is 0.316. The predicted molar refractivity (Wildman–Crippen MR) is 114 cm³/mol. The lowest BCUT2D eigenvalue weighted by atomic mass is 10.2. The first-order chi connectivity index (χ1) is 13.8. The van der Waals surface area contributed by atoms with Crippen molar-refractivity contribution in [2.45, 2.75) is 20.3 Å². The first-order valence-electron chi connectivity index (χ1n) is 9.07. The normalized spacial score (nSPS) is 10.7. The van der Waals surface area contributed by atoms with E-state index in [0.717, 1.165) is 5.56 Å². The average molecular weight is 415 g/mol. The Bertz CT molecular complexity index is 1030. The molecule has 0 aliphatic rings. The smallest absolute Gasteiger partial charge is 0.274 e. The Morgan fingerprint density at radius 3 is 2.66 bits per heavy atom. The highest BCUT2D eigenvalue weighted by atomic mass is 35.5. The van der Waals surface area contributed by atoms with E-state index in [9.17, 15) is 4.79 Å². The number of carbonyl (C=O) groups is 1. The van der Waals surface area contributed by atoms with Gasteiger partial charge in [-0.3, -0.25) is 10.1 Å². The van der Waals surface area contributed by atoms with Crippen LogP contribution < -0.4 is 15.5 Å². The number of anilines is 4. The van der Waals surface area contributed by atoms with Crippen LogP contribution in [0.4, 0.5) is 23.5 Å². The summed E-state index contributed by atoms with van der Waals surface area (Å²) in [6.45, 7) is 3.85. The number of carbonyl (C=O) groups excluding carboxylic acids is 1. The molecule has 9 nitrogen and oxygen atoms in total. The second-order valence-corrected chi connectivity index (χ2v) is 7.07. The van der Waals surface area contributed by atoms with E-state index in [4.69, 9.17) is 11.6 Å². The number of hydrogen-bond acceptors (Lipinski definition) is 7. The van der Waals surface area contributed by atoms with Crippen molar-refractivity contribution in [2.24, 2.45) is 7.05 Å². The molecule has 0 bridgehead atoms. The minimum absolute atomic E-state index is 0.317. The summed E-state index contributed by atoms with van der Waals surface area (Å²) in [7, 11) is 5.45. The quantitative estimate of drug-likeness (QED) is 0.638. The Labute approximate surface area is 174 Å². The first kappa shape index (κ1) is 20.5. The zero-order chi connectivity index (χ0) is 21.1. The molecule has 0 unspecified atom stereocenters. The SMILES string of the molecule is CCc1nc(Nc2ncc(C(=O)Nc3c(C)cccc3Cl)n2C)nc(N(C)C)n1. The Balaban J connectivity index is 1.84. The fourth-order valence-electron chi connectivity index (χ4n) is 2.63. The van der Waals surface area contributed by atoms with Gasteiger partial charge in [-0.05, 0) is 18.6 Å². The molecule has 3 rings (SSSR count). The molecule has 152 valence electrons. The molecule has 0 saturated carbocycles. The predicted octanol–water partition coefficient (Wildman–Crippen LogP) is 3.19. The molecule has 1 aromatic carbocycles. The number of para-hydroxylation sites is 1. The Morgan fingerprint density at radius 2 is 2.00 bits per heavy atom. The number of aryl methyl sites for hydroxylation is 2. The van der Waals surface area contributed by atoms with E-state index in [1.165, 1.54) is 6.20 Å². The molecule has 0 spiro atoms. The van der Waals surface area contributed by atoms with Crippen LogP contribution in [0, 0.1) is 6.92 Å². The molecule has 0 fully saturated rings. The van der Waals surface area contributed by atoms with Crippen LogP contribution in [0.1, 0.15) is 28.8 Å². The van der Waals surface area contributed by atoms with Crippen molar-refractivity contribution >= 4 is 41.0 Å². The van der Waals surface area contributed by atoms with Gasteiger partial charge in [0.25, 0.3) is 5.91 Å². The first-order valence-corrected chi connectivity index (χ1v) is 9.45. The zero-order valence-corrected chi connectivity index (χ0v) is 17.7. The van der Waals surface area contributed by atoms with Crippen molar-refractivity contribution in [3.05, 3.63) is 46.5 Å². The maximum atomic E-state index is 12.7. The second kappa shape index (κ2) is 8.44. The lowest BCUT2D eigenvalue weighted by Crippen LogP contribution is -2.18. The van der Waals surface area contributed by atoms with Crippen LogP contribution in [0.25, 0.3) is 0 Å². The van der Waals surface area contributed by atoms with E-state index in [-0.39, 0.29) is 5.91 Å². The molecule has 1 amide bonds. The van der Waals surface area contributed by atoms with Gasteiger partial charge in [-0.15, -0.1) is 0 Å². The standard InChI is InChI=1S/C19H23ClN8O/c1-6-14-22-17(26-19(23-14)27(3)4)25-18-21-10-13(28(18)5)16(29)24-15-11(2)8-7-9-12(15)20/h7-10H,6H2,1-5H3,(H,24,29)(H,21,22,23,25,26). The third-order valence-corrected chi connectivity index (χ3v) is 4.61. The molecule has 2 aromatic heterocycles. The van der Waals surface area contributed by atoms with Gasteiger partial charge in [-0.25, -0.2) is 4.98 Å². The van der Waals surface area contributed by atoms with Crippen molar-refractivity contribution in [1.29, 1.82) is 0 Å². The highest BCUT2D eigenvalue weighted by molar-refractivity contribution is 6.34. The van der Waals surface area contributed by atoms with Gasteiger partial charge in [0, 0.05) is 27.6 Å². The van der Waals surface area contributed by atoms with Crippen LogP contribution in [0.5, 0.6) is 0 Å². The minimum atomic E-state index is -0.317. The molecule has 0 saturated heterocycles. The van der Waals surface area contributed by atoms with Crippen LogP contribution >= 0.6 is 11.6 Å². The highest BCUT2D eigenvalue weighted by Gasteiger charge is 2.17. The number of aromatic nitrogens is 5. The monoisotopic (exact) mass is 414 g/mol. The van der Waals surface area contributed by atoms with Crippen molar-refractivity contribution in [3.63, 3.8) is 0 Å². The molecule has 0 radical (unpaired) electrons. The van der Waals surface area contributed by atoms with Gasteiger partial charge >= 0.3 is 0 Å². The van der Waals surface area contributed by atoms with Crippen molar-refractivity contribution < 1.29 is 4.79 Å². The number of nitrogens with one attached hydrogen (secondary N) is 2. The van der Waals surface area contributed by atoms with Crippen molar-refractivity contribution in [3.8, 4) is 0 Å². The number of amides is 1. The lowest BCUT2D eigenvalue weighted by Gasteiger charge is -2.13. The molecule has 2 heterocycles. The maximum absolute atomic E-state index is 12.7. The maximum Gasteiger partial charge on any atom is 0.274 e. The highest BCUT2D eigenvalue weighted by Crippen LogP contribution is 2.26. The van der Waals surface area contributed by atoms with Gasteiger partial charge < -0.3 is 14.8 Å². The van der Waals surface area contributed by atoms with E-state index in [1.54, 1.807) is 22.6 Å². The topological polar surface area (TPSA) is 101 Å². The lowest BCUT2D eigenvalue weighted by molar-refractivity contribution is 0.101. The van der Waals surface area contributed by atoms with Gasteiger partial charge in [0.05, 0.1) is 16.9 Å². The van der Waals surface area contributed by atoms with Gasteiger partial charge in [0.2, 0.25) is 17.8 Å². The largest absolute Gasteiger partial charge is 0.347 e. The summed E-state index contributed by atoms with van der Waals surface area (Å²) in [4.78, 5) is 32.0. The number of imidazole rings is 1. The van der Waals surface area contributed by atoms with E-state index >= 15 is 0 Å². The average Bonchev–Trinajstić information content (AvgIpc) is 3.04. The van der Waals surface area contributed by atoms with E-state index < -0.39 is 0 Å². The number of benzene rings is 1. The summed E-state index contributed by atoms with van der Waals surface area (Å²) in [5, 5.41) is 6.39. The van der Waals surface area contributed by atoms with E-state index in [2.05, 4.69) is 30.6 Å². The summed E-state index contributed by atoms with van der Waals surface area (Å²) in [6.07, 6.45) is 2.15. The Morgan fingerprint density at radius 1 is 1.24 bits per heavy atom. The van der Waals surface area contributed by atoms with Crippen LogP contribution in [0.2, 0.25) is 5.02 Å². The summed E-state index contributed by atoms with van der Waals surface area (Å²) < 4.78 is 1.63. The second-order valence-electron chi connectivity index (χ2n) is 6.66. The van der Waals surface area contributed by atoms with Gasteiger partial charge in [-0.2, -0.15) is 15.0 Å². The summed E-state index contributed by atoms with van der Waals surface area (Å²) in [5.41, 5.74) is 1.82. The fourth-order valence-corrected chi connectivity index (χ4v) is 2.89. The number of nitrogens with zero attached hydrogens (tertiary/aromatic N) is 6. The summed E-state index contributed by atoms with van der Waals surface area (Å²) in [5.74, 6) is 1.68. The molecule has 0 aliphatic carbocycles.